The molecule has 15 heavy (non-hydrogen) atoms. The van der Waals surface area contributed by atoms with Crippen molar-refractivity contribution in [2.75, 3.05) is 11.9 Å². The molecule has 0 atom stereocenters. The molecule has 1 N–H and O–H groups in total. The van der Waals surface area contributed by atoms with Crippen molar-refractivity contribution in [2.45, 2.75) is 39.7 Å². The first-order valence-corrected chi connectivity index (χ1v) is 5.52. The minimum Gasteiger partial charge on any atom is -0.486 e. The van der Waals surface area contributed by atoms with Crippen molar-refractivity contribution in [1.82, 2.24) is 0 Å². The first-order chi connectivity index (χ1) is 6.98. The fourth-order valence-electron chi connectivity index (χ4n) is 2.07. The highest BCUT2D eigenvalue weighted by molar-refractivity contribution is 5.63. The van der Waals surface area contributed by atoms with Crippen molar-refractivity contribution >= 4 is 5.69 Å². The molecule has 0 unspecified atom stereocenters. The maximum Gasteiger partial charge on any atom is 0.143 e. The molecule has 1 aromatic carbocycles. The van der Waals surface area contributed by atoms with Gasteiger partial charge in [-0.25, -0.2) is 0 Å². The number of rotatable bonds is 0. The second-order valence-corrected chi connectivity index (χ2v) is 4.99. The zero-order valence-corrected chi connectivity index (χ0v) is 9.98. The Kier molecular flexibility index (Phi) is 2.37. The van der Waals surface area contributed by atoms with Crippen LogP contribution in [0.1, 0.15) is 31.4 Å². The van der Waals surface area contributed by atoms with E-state index in [0.29, 0.717) is 0 Å². The first-order valence-electron chi connectivity index (χ1n) is 5.52. The lowest BCUT2D eigenvalue weighted by molar-refractivity contribution is 0.108. The number of fused-ring (bicyclic) bond motifs is 1. The number of ether oxygens (including phenoxy) is 1. The second-order valence-electron chi connectivity index (χ2n) is 4.99. The molecule has 0 radical (unpaired) electrons. The molecule has 0 fully saturated rings. The maximum atomic E-state index is 6.04. The summed E-state index contributed by atoms with van der Waals surface area (Å²) in [4.78, 5) is 0. The number of anilines is 1. The van der Waals surface area contributed by atoms with E-state index in [1.165, 1.54) is 11.1 Å². The zero-order chi connectivity index (χ0) is 11.1. The molecule has 2 rings (SSSR count). The van der Waals surface area contributed by atoms with Crippen LogP contribution in [0.25, 0.3) is 0 Å². The van der Waals surface area contributed by atoms with Crippen molar-refractivity contribution in [3.05, 3.63) is 23.3 Å². The quantitative estimate of drug-likeness (QED) is 0.701. The molecular weight excluding hydrogens is 186 g/mol. The van der Waals surface area contributed by atoms with Gasteiger partial charge in [0.2, 0.25) is 0 Å². The largest absolute Gasteiger partial charge is 0.486 e. The summed E-state index contributed by atoms with van der Waals surface area (Å²) in [6.45, 7) is 9.49. The van der Waals surface area contributed by atoms with E-state index in [0.717, 1.165) is 24.4 Å². The Morgan fingerprint density at radius 3 is 2.73 bits per heavy atom. The average molecular weight is 205 g/mol. The summed E-state index contributed by atoms with van der Waals surface area (Å²) in [5, 5.41) is 3.45. The van der Waals surface area contributed by atoms with Crippen molar-refractivity contribution in [3.63, 3.8) is 0 Å². The summed E-state index contributed by atoms with van der Waals surface area (Å²) in [5.41, 5.74) is 3.61. The van der Waals surface area contributed by atoms with E-state index in [4.69, 9.17) is 4.74 Å². The Labute approximate surface area is 91.6 Å². The highest BCUT2D eigenvalue weighted by Crippen LogP contribution is 2.35. The van der Waals surface area contributed by atoms with Crippen LogP contribution in [0.15, 0.2) is 12.1 Å². The van der Waals surface area contributed by atoms with Gasteiger partial charge in [-0.2, -0.15) is 0 Å². The molecule has 0 spiro atoms. The summed E-state index contributed by atoms with van der Waals surface area (Å²) in [6, 6.07) is 4.30. The van der Waals surface area contributed by atoms with Gasteiger partial charge in [0.05, 0.1) is 5.69 Å². The van der Waals surface area contributed by atoms with E-state index in [2.05, 4.69) is 45.1 Å². The molecular formula is C13H19NO. The zero-order valence-electron chi connectivity index (χ0n) is 9.98. The molecule has 0 saturated heterocycles. The number of nitrogens with one attached hydrogen (secondary N) is 1. The van der Waals surface area contributed by atoms with E-state index >= 15 is 0 Å². The Morgan fingerprint density at radius 1 is 1.27 bits per heavy atom. The van der Waals surface area contributed by atoms with Crippen LogP contribution >= 0.6 is 0 Å². The SMILES string of the molecule is Cc1cc(C)c2c(c1)OC(C)(C)CCN2. The molecule has 0 bridgehead atoms. The van der Waals surface area contributed by atoms with Crippen LogP contribution in [0.3, 0.4) is 0 Å². The Balaban J connectivity index is 2.47. The number of hydrogen-bond donors (Lipinski definition) is 1. The van der Waals surface area contributed by atoms with Crippen molar-refractivity contribution in [1.29, 1.82) is 0 Å². The van der Waals surface area contributed by atoms with Crippen LogP contribution in [-0.4, -0.2) is 12.1 Å². The van der Waals surface area contributed by atoms with E-state index in [1.807, 2.05) is 0 Å². The van der Waals surface area contributed by atoms with Gasteiger partial charge in [0.25, 0.3) is 0 Å². The number of aryl methyl sites for hydroxylation is 2. The summed E-state index contributed by atoms with van der Waals surface area (Å²) in [6.07, 6.45) is 1.03. The first kappa shape index (κ1) is 10.3. The van der Waals surface area contributed by atoms with Crippen LogP contribution in [0.5, 0.6) is 5.75 Å². The predicted octanol–water partition coefficient (Wildman–Crippen LogP) is 3.28. The van der Waals surface area contributed by atoms with Gasteiger partial charge in [-0.1, -0.05) is 6.07 Å². The van der Waals surface area contributed by atoms with Gasteiger partial charge in [0, 0.05) is 13.0 Å². The molecule has 0 aliphatic carbocycles. The third-order valence-electron chi connectivity index (χ3n) is 2.86. The van der Waals surface area contributed by atoms with E-state index in [1.54, 1.807) is 0 Å². The normalized spacial score (nSPS) is 18.4. The van der Waals surface area contributed by atoms with Crippen molar-refractivity contribution in [3.8, 4) is 5.75 Å². The number of hydrogen-bond acceptors (Lipinski definition) is 2. The second kappa shape index (κ2) is 3.44. The van der Waals surface area contributed by atoms with Gasteiger partial charge in [0.15, 0.2) is 0 Å². The topological polar surface area (TPSA) is 21.3 Å². The fraction of sp³-hybridized carbons (Fsp3) is 0.538. The predicted molar refractivity (Wildman–Crippen MR) is 63.7 cm³/mol. The van der Waals surface area contributed by atoms with Gasteiger partial charge >= 0.3 is 0 Å². The summed E-state index contributed by atoms with van der Waals surface area (Å²) in [5.74, 6) is 0.995. The Bertz CT molecular complexity index is 382. The van der Waals surface area contributed by atoms with Gasteiger partial charge in [-0.3, -0.25) is 0 Å². The third kappa shape index (κ3) is 2.09. The molecule has 0 amide bonds. The van der Waals surface area contributed by atoms with Crippen LogP contribution in [-0.2, 0) is 0 Å². The molecule has 82 valence electrons. The van der Waals surface area contributed by atoms with Crippen LogP contribution in [0, 0.1) is 13.8 Å². The van der Waals surface area contributed by atoms with E-state index < -0.39 is 0 Å². The highest BCUT2D eigenvalue weighted by atomic mass is 16.5. The molecule has 2 nitrogen and oxygen atoms in total. The van der Waals surface area contributed by atoms with Crippen LogP contribution < -0.4 is 10.1 Å². The minimum atomic E-state index is -0.0709. The average Bonchev–Trinajstić information content (AvgIpc) is 2.21. The fourth-order valence-corrected chi connectivity index (χ4v) is 2.07. The molecule has 0 saturated carbocycles. The third-order valence-corrected chi connectivity index (χ3v) is 2.86. The molecule has 0 aromatic heterocycles. The molecule has 2 heteroatoms. The smallest absolute Gasteiger partial charge is 0.143 e. The monoisotopic (exact) mass is 205 g/mol. The summed E-state index contributed by atoms with van der Waals surface area (Å²) < 4.78 is 6.04. The van der Waals surface area contributed by atoms with E-state index in [-0.39, 0.29) is 5.60 Å². The van der Waals surface area contributed by atoms with Gasteiger partial charge in [-0.05, 0) is 44.9 Å². The van der Waals surface area contributed by atoms with Gasteiger partial charge < -0.3 is 10.1 Å². The Morgan fingerprint density at radius 2 is 2.00 bits per heavy atom. The van der Waals surface area contributed by atoms with Gasteiger partial charge in [0.1, 0.15) is 11.4 Å². The van der Waals surface area contributed by atoms with Crippen molar-refractivity contribution in [2.24, 2.45) is 0 Å². The minimum absolute atomic E-state index is 0.0709. The number of benzene rings is 1. The molecule has 1 aliphatic heterocycles. The highest BCUT2D eigenvalue weighted by Gasteiger charge is 2.24. The summed E-state index contributed by atoms with van der Waals surface area (Å²) in [7, 11) is 0. The standard InChI is InChI=1S/C13H19NO/c1-9-7-10(2)12-11(8-9)15-13(3,4)5-6-14-12/h7-8,14H,5-6H2,1-4H3. The summed E-state index contributed by atoms with van der Waals surface area (Å²) >= 11 is 0. The molecule has 1 heterocycles. The lowest BCUT2D eigenvalue weighted by atomic mass is 10.1. The lowest BCUT2D eigenvalue weighted by Crippen LogP contribution is -2.28. The van der Waals surface area contributed by atoms with Crippen LogP contribution in [0.4, 0.5) is 5.69 Å². The maximum absolute atomic E-state index is 6.04. The Hall–Kier alpha value is -1.18. The molecule has 1 aliphatic rings. The van der Waals surface area contributed by atoms with Crippen LogP contribution in [0.2, 0.25) is 0 Å². The molecule has 1 aromatic rings. The van der Waals surface area contributed by atoms with E-state index in [9.17, 15) is 0 Å². The van der Waals surface area contributed by atoms with Crippen molar-refractivity contribution < 1.29 is 4.74 Å². The lowest BCUT2D eigenvalue weighted by Gasteiger charge is -2.24. The van der Waals surface area contributed by atoms with Gasteiger partial charge in [-0.15, -0.1) is 0 Å².